The summed E-state index contributed by atoms with van der Waals surface area (Å²) >= 11 is 0. The number of anilines is 1. The summed E-state index contributed by atoms with van der Waals surface area (Å²) in [5, 5.41) is 20.5. The molecular weight excluding hydrogens is 390 g/mol. The number of ether oxygens (including phenoxy) is 3. The molecular formula is C20H27N5O5. The maximum absolute atomic E-state index is 11.1. The highest BCUT2D eigenvalue weighted by molar-refractivity contribution is 5.79. The van der Waals surface area contributed by atoms with Crippen LogP contribution in [-0.4, -0.2) is 52.3 Å². The fraction of sp³-hybridized carbons (Fsp3) is 0.350. The van der Waals surface area contributed by atoms with Crippen LogP contribution in [0, 0.1) is 10.1 Å². The number of benzene rings is 2. The van der Waals surface area contributed by atoms with Crippen molar-refractivity contribution >= 4 is 17.3 Å². The monoisotopic (exact) mass is 417 g/mol. The number of aliphatic imine (C=N–C) groups is 1. The zero-order chi connectivity index (χ0) is 21.9. The lowest BCUT2D eigenvalue weighted by Gasteiger charge is -2.16. The number of nitrogens with zero attached hydrogens (tertiary/aromatic N) is 2. The number of hydrogen-bond acceptors (Lipinski definition) is 7. The van der Waals surface area contributed by atoms with Crippen LogP contribution in [-0.2, 0) is 6.54 Å². The average Bonchev–Trinajstić information content (AvgIpc) is 2.77. The third kappa shape index (κ3) is 5.90. The van der Waals surface area contributed by atoms with Crippen LogP contribution < -0.4 is 30.2 Å². The lowest BCUT2D eigenvalue weighted by atomic mass is 10.2. The number of nitro benzene ring substituents is 1. The van der Waals surface area contributed by atoms with E-state index in [1.54, 1.807) is 46.6 Å². The van der Waals surface area contributed by atoms with Crippen molar-refractivity contribution in [3.05, 3.63) is 52.1 Å². The van der Waals surface area contributed by atoms with E-state index in [-0.39, 0.29) is 5.69 Å². The van der Waals surface area contributed by atoms with E-state index in [1.165, 1.54) is 6.07 Å². The van der Waals surface area contributed by atoms with E-state index in [0.717, 1.165) is 5.56 Å². The van der Waals surface area contributed by atoms with Gasteiger partial charge in [-0.25, -0.2) is 0 Å². The van der Waals surface area contributed by atoms with Crippen LogP contribution in [0.4, 0.5) is 11.4 Å². The molecule has 0 aliphatic rings. The molecule has 0 aromatic heterocycles. The van der Waals surface area contributed by atoms with Crippen LogP contribution in [0.3, 0.4) is 0 Å². The first-order valence-electron chi connectivity index (χ1n) is 9.24. The van der Waals surface area contributed by atoms with Crippen molar-refractivity contribution in [2.24, 2.45) is 4.99 Å². The second kappa shape index (κ2) is 11.3. The molecule has 0 heterocycles. The van der Waals surface area contributed by atoms with Gasteiger partial charge in [0.25, 0.3) is 5.69 Å². The third-order valence-corrected chi connectivity index (χ3v) is 4.24. The smallest absolute Gasteiger partial charge is 0.292 e. The lowest BCUT2D eigenvalue weighted by molar-refractivity contribution is -0.384. The van der Waals surface area contributed by atoms with Gasteiger partial charge in [0.05, 0.1) is 26.3 Å². The number of nitro groups is 1. The van der Waals surface area contributed by atoms with E-state index in [1.807, 2.05) is 12.1 Å². The third-order valence-electron chi connectivity index (χ3n) is 4.24. The van der Waals surface area contributed by atoms with Gasteiger partial charge in [-0.2, -0.15) is 0 Å². The minimum Gasteiger partial charge on any atom is -0.493 e. The minimum absolute atomic E-state index is 0.0439. The van der Waals surface area contributed by atoms with Crippen LogP contribution in [0.25, 0.3) is 0 Å². The molecule has 10 heteroatoms. The van der Waals surface area contributed by atoms with Crippen LogP contribution in [0.5, 0.6) is 17.2 Å². The molecule has 0 spiro atoms. The number of rotatable bonds is 10. The largest absolute Gasteiger partial charge is 0.493 e. The summed E-state index contributed by atoms with van der Waals surface area (Å²) in [7, 11) is 6.36. The lowest BCUT2D eigenvalue weighted by Crippen LogP contribution is -2.39. The van der Waals surface area contributed by atoms with Gasteiger partial charge < -0.3 is 30.2 Å². The summed E-state index contributed by atoms with van der Waals surface area (Å²) in [5.41, 5.74) is 1.44. The van der Waals surface area contributed by atoms with Crippen LogP contribution >= 0.6 is 0 Å². The number of guanidine groups is 1. The van der Waals surface area contributed by atoms with Gasteiger partial charge in [-0.1, -0.05) is 12.1 Å². The molecule has 2 aromatic rings. The average molecular weight is 417 g/mol. The summed E-state index contributed by atoms with van der Waals surface area (Å²) in [6.07, 6.45) is 0. The second-order valence-corrected chi connectivity index (χ2v) is 6.09. The van der Waals surface area contributed by atoms with Crippen molar-refractivity contribution in [1.82, 2.24) is 10.6 Å². The SMILES string of the molecule is CN=C(NCCNc1ccccc1[N+](=O)[O-])NCc1cc(OC)c(OC)c(OC)c1. The summed E-state index contributed by atoms with van der Waals surface area (Å²) in [4.78, 5) is 14.8. The number of nitrogens with one attached hydrogen (secondary N) is 3. The molecule has 0 aliphatic heterocycles. The Bertz CT molecular complexity index is 863. The normalized spacial score (nSPS) is 10.9. The molecule has 3 N–H and O–H groups in total. The standard InChI is InChI=1S/C20H27N5O5/c1-21-20(23-10-9-22-15-7-5-6-8-16(15)25(26)27)24-13-14-11-17(28-2)19(30-4)18(12-14)29-3/h5-8,11-12,22H,9-10,13H2,1-4H3,(H2,21,23,24). The van der Waals surface area contributed by atoms with E-state index in [2.05, 4.69) is 20.9 Å². The fourth-order valence-corrected chi connectivity index (χ4v) is 2.80. The van der Waals surface area contributed by atoms with Gasteiger partial charge in [0, 0.05) is 32.7 Å². The summed E-state index contributed by atoms with van der Waals surface area (Å²) in [5.74, 6) is 2.27. The number of para-hydroxylation sites is 2. The zero-order valence-electron chi connectivity index (χ0n) is 17.5. The molecule has 0 radical (unpaired) electrons. The van der Waals surface area contributed by atoms with Crippen molar-refractivity contribution in [1.29, 1.82) is 0 Å². The van der Waals surface area contributed by atoms with Crippen molar-refractivity contribution in [2.75, 3.05) is 46.8 Å². The molecule has 0 bridgehead atoms. The van der Waals surface area contributed by atoms with Crippen molar-refractivity contribution in [3.8, 4) is 17.2 Å². The van der Waals surface area contributed by atoms with Crippen molar-refractivity contribution in [2.45, 2.75) is 6.54 Å². The molecule has 0 fully saturated rings. The topological polar surface area (TPSA) is 119 Å². The van der Waals surface area contributed by atoms with Crippen molar-refractivity contribution < 1.29 is 19.1 Å². The van der Waals surface area contributed by atoms with Gasteiger partial charge in [-0.05, 0) is 23.8 Å². The molecule has 0 saturated heterocycles. The Morgan fingerprint density at radius 2 is 1.70 bits per heavy atom. The molecule has 2 aromatic carbocycles. The van der Waals surface area contributed by atoms with Crippen LogP contribution in [0.15, 0.2) is 41.4 Å². The fourth-order valence-electron chi connectivity index (χ4n) is 2.80. The molecule has 0 atom stereocenters. The molecule has 2 rings (SSSR count). The summed E-state index contributed by atoms with van der Waals surface area (Å²) < 4.78 is 16.1. The van der Waals surface area contributed by atoms with E-state index in [9.17, 15) is 10.1 Å². The quantitative estimate of drug-likeness (QED) is 0.177. The zero-order valence-corrected chi connectivity index (χ0v) is 17.5. The summed E-state index contributed by atoms with van der Waals surface area (Å²) in [6.45, 7) is 1.48. The maximum Gasteiger partial charge on any atom is 0.292 e. The number of methoxy groups -OCH3 is 3. The molecule has 0 unspecified atom stereocenters. The van der Waals surface area contributed by atoms with Crippen molar-refractivity contribution in [3.63, 3.8) is 0 Å². The Morgan fingerprint density at radius 1 is 1.03 bits per heavy atom. The molecule has 0 aliphatic carbocycles. The molecule has 162 valence electrons. The van der Waals surface area contributed by atoms with Gasteiger partial charge >= 0.3 is 0 Å². The van der Waals surface area contributed by atoms with Gasteiger partial charge in [-0.15, -0.1) is 0 Å². The maximum atomic E-state index is 11.1. The molecule has 30 heavy (non-hydrogen) atoms. The molecule has 10 nitrogen and oxygen atoms in total. The van der Waals surface area contributed by atoms with E-state index < -0.39 is 4.92 Å². The molecule has 0 amide bonds. The Labute approximate surface area is 175 Å². The summed E-state index contributed by atoms with van der Waals surface area (Å²) in [6, 6.07) is 10.2. The Kier molecular flexibility index (Phi) is 8.55. The second-order valence-electron chi connectivity index (χ2n) is 6.09. The van der Waals surface area contributed by atoms with Gasteiger partial charge in [-0.3, -0.25) is 15.1 Å². The first kappa shape index (κ1) is 22.6. The Balaban J connectivity index is 1.89. The van der Waals surface area contributed by atoms with Crippen LogP contribution in [0.1, 0.15) is 5.56 Å². The van der Waals surface area contributed by atoms with E-state index in [0.29, 0.717) is 48.5 Å². The predicted molar refractivity (Wildman–Crippen MR) is 116 cm³/mol. The van der Waals surface area contributed by atoms with Gasteiger partial charge in [0.15, 0.2) is 17.5 Å². The Morgan fingerprint density at radius 3 is 2.27 bits per heavy atom. The van der Waals surface area contributed by atoms with Gasteiger partial charge in [0.2, 0.25) is 5.75 Å². The van der Waals surface area contributed by atoms with Crippen LogP contribution in [0.2, 0.25) is 0 Å². The van der Waals surface area contributed by atoms with E-state index >= 15 is 0 Å². The first-order valence-corrected chi connectivity index (χ1v) is 9.24. The highest BCUT2D eigenvalue weighted by Crippen LogP contribution is 2.38. The predicted octanol–water partition coefficient (Wildman–Crippen LogP) is 2.40. The number of hydrogen-bond donors (Lipinski definition) is 3. The van der Waals surface area contributed by atoms with E-state index in [4.69, 9.17) is 14.2 Å². The highest BCUT2D eigenvalue weighted by atomic mass is 16.6. The highest BCUT2D eigenvalue weighted by Gasteiger charge is 2.14. The van der Waals surface area contributed by atoms with Gasteiger partial charge in [0.1, 0.15) is 5.69 Å². The molecule has 0 saturated carbocycles. The first-order chi connectivity index (χ1) is 14.5. The minimum atomic E-state index is -0.409. The Hall–Kier alpha value is -3.69.